The monoisotopic (exact) mass is 386 g/mol. The van der Waals surface area contributed by atoms with E-state index in [9.17, 15) is 9.59 Å². The smallest absolute Gasteiger partial charge is 0.309 e. The number of esters is 1. The van der Waals surface area contributed by atoms with Gasteiger partial charge in [0.15, 0.2) is 6.61 Å². The maximum atomic E-state index is 11.8. The third kappa shape index (κ3) is 6.42. The van der Waals surface area contributed by atoms with Crippen molar-refractivity contribution in [2.75, 3.05) is 18.5 Å². The van der Waals surface area contributed by atoms with Crippen LogP contribution in [0, 0.1) is 11.3 Å². The molecule has 6 nitrogen and oxygen atoms in total. The summed E-state index contributed by atoms with van der Waals surface area (Å²) in [4.78, 5) is 23.5. The van der Waals surface area contributed by atoms with E-state index in [1.807, 2.05) is 30.3 Å². The summed E-state index contributed by atoms with van der Waals surface area (Å²) < 4.78 is 10.4. The Morgan fingerprint density at radius 1 is 1.19 bits per heavy atom. The molecule has 1 N–H and O–H groups in total. The van der Waals surface area contributed by atoms with Crippen molar-refractivity contribution in [2.24, 2.45) is 0 Å². The van der Waals surface area contributed by atoms with Crippen molar-refractivity contribution in [1.82, 2.24) is 0 Å². The first-order chi connectivity index (χ1) is 12.8. The van der Waals surface area contributed by atoms with Gasteiger partial charge in [-0.2, -0.15) is 5.26 Å². The Morgan fingerprint density at radius 3 is 2.52 bits per heavy atom. The SMILES string of the molecule is CC(C)(C)c1ccc(OCCC(=O)OCC(=O)Nc2sccc2C#N)cc1. The van der Waals surface area contributed by atoms with Crippen LogP contribution in [-0.2, 0) is 19.7 Å². The maximum Gasteiger partial charge on any atom is 0.309 e. The number of ether oxygens (including phenoxy) is 2. The zero-order chi connectivity index (χ0) is 19.9. The van der Waals surface area contributed by atoms with E-state index in [-0.39, 0.29) is 18.4 Å². The molecule has 27 heavy (non-hydrogen) atoms. The zero-order valence-electron chi connectivity index (χ0n) is 15.6. The number of hydrogen-bond acceptors (Lipinski definition) is 6. The average Bonchev–Trinajstić information content (AvgIpc) is 3.06. The van der Waals surface area contributed by atoms with Gasteiger partial charge in [-0.1, -0.05) is 32.9 Å². The second-order valence-corrected chi connectivity index (χ2v) is 7.77. The van der Waals surface area contributed by atoms with Crippen molar-refractivity contribution < 1.29 is 19.1 Å². The fourth-order valence-electron chi connectivity index (χ4n) is 2.18. The number of rotatable bonds is 7. The molecular weight excluding hydrogens is 364 g/mol. The lowest BCUT2D eigenvalue weighted by molar-refractivity contribution is -0.147. The van der Waals surface area contributed by atoms with E-state index in [1.165, 1.54) is 16.9 Å². The van der Waals surface area contributed by atoms with Crippen molar-refractivity contribution in [3.8, 4) is 11.8 Å². The zero-order valence-corrected chi connectivity index (χ0v) is 16.4. The Bertz CT molecular complexity index is 829. The van der Waals surface area contributed by atoms with E-state index in [4.69, 9.17) is 14.7 Å². The lowest BCUT2D eigenvalue weighted by atomic mass is 9.87. The summed E-state index contributed by atoms with van der Waals surface area (Å²) in [5.74, 6) is -0.334. The number of amides is 1. The number of nitrogens with one attached hydrogen (secondary N) is 1. The van der Waals surface area contributed by atoms with Gasteiger partial charge in [0, 0.05) is 0 Å². The fraction of sp³-hybridized carbons (Fsp3) is 0.350. The Labute approximate surface area is 162 Å². The molecule has 2 aromatic rings. The van der Waals surface area contributed by atoms with Gasteiger partial charge in [0.25, 0.3) is 5.91 Å². The van der Waals surface area contributed by atoms with Crippen LogP contribution in [0.2, 0.25) is 0 Å². The maximum absolute atomic E-state index is 11.8. The highest BCUT2D eigenvalue weighted by molar-refractivity contribution is 7.14. The standard InChI is InChI=1S/C20H22N2O4S/c1-20(2,3)15-4-6-16(7-5-15)25-10-8-18(24)26-13-17(23)22-19-14(12-21)9-11-27-19/h4-7,9,11H,8,10,13H2,1-3H3,(H,22,23). The molecule has 0 bridgehead atoms. The first kappa shape index (κ1) is 20.5. The molecule has 0 aliphatic rings. The Balaban J connectivity index is 1.69. The minimum absolute atomic E-state index is 0.0384. The second-order valence-electron chi connectivity index (χ2n) is 6.86. The van der Waals surface area contributed by atoms with Crippen molar-refractivity contribution in [2.45, 2.75) is 32.6 Å². The van der Waals surface area contributed by atoms with Crippen molar-refractivity contribution >= 4 is 28.2 Å². The van der Waals surface area contributed by atoms with Crippen LogP contribution in [0.5, 0.6) is 5.75 Å². The number of carbonyl (C=O) groups excluding carboxylic acids is 2. The molecule has 1 heterocycles. The van der Waals surface area contributed by atoms with Crippen molar-refractivity contribution in [3.63, 3.8) is 0 Å². The van der Waals surface area contributed by atoms with Gasteiger partial charge < -0.3 is 14.8 Å². The molecule has 0 saturated carbocycles. The Kier molecular flexibility index (Phi) is 6.97. The summed E-state index contributed by atoms with van der Waals surface area (Å²) in [7, 11) is 0. The first-order valence-corrected chi connectivity index (χ1v) is 9.34. The molecule has 7 heteroatoms. The molecule has 0 aliphatic heterocycles. The van der Waals surface area contributed by atoms with E-state index >= 15 is 0 Å². The Morgan fingerprint density at radius 2 is 1.89 bits per heavy atom. The van der Waals surface area contributed by atoms with Crippen molar-refractivity contribution in [3.05, 3.63) is 46.8 Å². The summed E-state index contributed by atoms with van der Waals surface area (Å²) in [6.07, 6.45) is 0.0384. The first-order valence-electron chi connectivity index (χ1n) is 8.46. The fourth-order valence-corrected chi connectivity index (χ4v) is 2.93. The summed E-state index contributed by atoms with van der Waals surface area (Å²) in [5.41, 5.74) is 1.65. The highest BCUT2D eigenvalue weighted by atomic mass is 32.1. The van der Waals surface area contributed by atoms with E-state index in [1.54, 1.807) is 11.4 Å². The van der Waals surface area contributed by atoms with Crippen LogP contribution in [-0.4, -0.2) is 25.1 Å². The second kappa shape index (κ2) is 9.19. The van der Waals surface area contributed by atoms with Gasteiger partial charge in [-0.3, -0.25) is 9.59 Å². The van der Waals surface area contributed by atoms with E-state index in [0.29, 0.717) is 16.3 Å². The number of carbonyl (C=O) groups is 2. The molecule has 2 rings (SSSR count). The van der Waals surface area contributed by atoms with Crippen LogP contribution in [0.15, 0.2) is 35.7 Å². The predicted octanol–water partition coefficient (Wildman–Crippen LogP) is 3.87. The van der Waals surface area contributed by atoms with Crippen LogP contribution in [0.1, 0.15) is 38.3 Å². The van der Waals surface area contributed by atoms with Crippen LogP contribution in [0.4, 0.5) is 5.00 Å². The predicted molar refractivity (Wildman–Crippen MR) is 104 cm³/mol. The van der Waals surface area contributed by atoms with E-state index in [2.05, 4.69) is 26.1 Å². The number of benzene rings is 1. The summed E-state index contributed by atoms with van der Waals surface area (Å²) in [6, 6.07) is 11.3. The highest BCUT2D eigenvalue weighted by Gasteiger charge is 2.13. The molecule has 0 aliphatic carbocycles. The van der Waals surface area contributed by atoms with Gasteiger partial charge in [-0.05, 0) is 34.6 Å². The third-order valence-corrected chi connectivity index (χ3v) is 4.53. The number of thiophene rings is 1. The lowest BCUT2D eigenvalue weighted by Gasteiger charge is -2.19. The largest absolute Gasteiger partial charge is 0.493 e. The van der Waals surface area contributed by atoms with Crippen LogP contribution < -0.4 is 10.1 Å². The third-order valence-electron chi connectivity index (χ3n) is 3.70. The van der Waals surface area contributed by atoms with Crippen LogP contribution in [0.3, 0.4) is 0 Å². The van der Waals surface area contributed by atoms with Crippen LogP contribution >= 0.6 is 11.3 Å². The molecule has 0 radical (unpaired) electrons. The summed E-state index contributed by atoms with van der Waals surface area (Å²) in [5, 5.41) is 13.6. The summed E-state index contributed by atoms with van der Waals surface area (Å²) >= 11 is 1.24. The molecule has 1 aromatic carbocycles. The number of hydrogen-bond donors (Lipinski definition) is 1. The number of anilines is 1. The van der Waals surface area contributed by atoms with Crippen molar-refractivity contribution in [1.29, 1.82) is 5.26 Å². The average molecular weight is 386 g/mol. The topological polar surface area (TPSA) is 88.4 Å². The Hall–Kier alpha value is -2.85. The molecule has 0 fully saturated rings. The summed E-state index contributed by atoms with van der Waals surface area (Å²) in [6.45, 7) is 6.17. The molecule has 0 spiro atoms. The van der Waals surface area contributed by atoms with Gasteiger partial charge in [-0.25, -0.2) is 0 Å². The number of nitrogens with zero attached hydrogens (tertiary/aromatic N) is 1. The van der Waals surface area contributed by atoms with Gasteiger partial charge in [-0.15, -0.1) is 11.3 Å². The molecule has 1 amide bonds. The minimum atomic E-state index is -0.525. The quantitative estimate of drug-likeness (QED) is 0.730. The highest BCUT2D eigenvalue weighted by Crippen LogP contribution is 2.24. The molecule has 142 valence electrons. The minimum Gasteiger partial charge on any atom is -0.493 e. The van der Waals surface area contributed by atoms with Gasteiger partial charge in [0.05, 0.1) is 18.6 Å². The molecule has 0 unspecified atom stereocenters. The molecular formula is C20H22N2O4S. The normalized spacial score (nSPS) is 10.7. The van der Waals surface area contributed by atoms with Gasteiger partial charge >= 0.3 is 5.97 Å². The molecule has 0 atom stereocenters. The lowest BCUT2D eigenvalue weighted by Crippen LogP contribution is -2.21. The van der Waals surface area contributed by atoms with Gasteiger partial charge in [0.1, 0.15) is 16.8 Å². The van der Waals surface area contributed by atoms with E-state index in [0.717, 1.165) is 0 Å². The number of nitriles is 1. The van der Waals surface area contributed by atoms with Gasteiger partial charge in [0.2, 0.25) is 0 Å². The van der Waals surface area contributed by atoms with E-state index < -0.39 is 18.5 Å². The van der Waals surface area contributed by atoms with Crippen LogP contribution in [0.25, 0.3) is 0 Å². The molecule has 0 saturated heterocycles. The molecule has 1 aromatic heterocycles.